The minimum Gasteiger partial charge on any atom is -0.378 e. The average molecular weight is 254 g/mol. The Morgan fingerprint density at radius 3 is 2.78 bits per heavy atom. The third-order valence-electron chi connectivity index (χ3n) is 4.58. The molecular weight excluding hydrogens is 232 g/mol. The van der Waals surface area contributed by atoms with Crippen LogP contribution < -0.4 is 5.32 Å². The summed E-state index contributed by atoms with van der Waals surface area (Å²) in [6, 6.07) is 0. The summed E-state index contributed by atoms with van der Waals surface area (Å²) in [5.74, 6) is 0.262. The van der Waals surface area contributed by atoms with E-state index in [1.807, 2.05) is 4.90 Å². The summed E-state index contributed by atoms with van der Waals surface area (Å²) in [7, 11) is 1.72. The molecule has 0 aromatic carbocycles. The lowest BCUT2D eigenvalue weighted by atomic mass is 10.0. The lowest BCUT2D eigenvalue weighted by molar-refractivity contribution is -0.135. The molecule has 18 heavy (non-hydrogen) atoms. The molecule has 2 saturated heterocycles. The summed E-state index contributed by atoms with van der Waals surface area (Å²) in [6.07, 6.45) is 3.93. The van der Waals surface area contributed by atoms with Crippen LogP contribution >= 0.6 is 0 Å². The molecule has 1 aliphatic carbocycles. The number of nitrogens with zero attached hydrogens (tertiary/aromatic N) is 1. The summed E-state index contributed by atoms with van der Waals surface area (Å²) in [4.78, 5) is 14.4. The van der Waals surface area contributed by atoms with E-state index in [1.165, 1.54) is 0 Å². The molecular formula is C13H22N2O3. The maximum absolute atomic E-state index is 12.5. The van der Waals surface area contributed by atoms with Gasteiger partial charge in [0.2, 0.25) is 5.91 Å². The molecule has 2 heterocycles. The summed E-state index contributed by atoms with van der Waals surface area (Å²) in [5.41, 5.74) is -0.528. The quantitative estimate of drug-likeness (QED) is 0.793. The van der Waals surface area contributed by atoms with Gasteiger partial charge in [0.05, 0.1) is 24.9 Å². The van der Waals surface area contributed by atoms with Gasteiger partial charge in [-0.3, -0.25) is 10.1 Å². The van der Waals surface area contributed by atoms with Crippen LogP contribution in [0.4, 0.5) is 0 Å². The van der Waals surface area contributed by atoms with Gasteiger partial charge in [0, 0.05) is 20.1 Å². The second kappa shape index (κ2) is 4.18. The van der Waals surface area contributed by atoms with Gasteiger partial charge < -0.3 is 14.4 Å². The van der Waals surface area contributed by atoms with E-state index in [-0.39, 0.29) is 23.2 Å². The molecule has 2 atom stereocenters. The van der Waals surface area contributed by atoms with Gasteiger partial charge in [-0.15, -0.1) is 0 Å². The summed E-state index contributed by atoms with van der Waals surface area (Å²) < 4.78 is 11.1. The molecule has 3 aliphatic rings. The van der Waals surface area contributed by atoms with Crippen molar-refractivity contribution in [2.75, 3.05) is 26.9 Å². The van der Waals surface area contributed by atoms with Crippen molar-refractivity contribution < 1.29 is 14.3 Å². The van der Waals surface area contributed by atoms with Gasteiger partial charge in [-0.05, 0) is 19.3 Å². The minimum absolute atomic E-state index is 0.160. The van der Waals surface area contributed by atoms with Gasteiger partial charge >= 0.3 is 0 Å². The first-order chi connectivity index (χ1) is 8.65. The third kappa shape index (κ3) is 1.76. The number of rotatable bonds is 4. The number of carbonyl (C=O) groups excluding carboxylic acids is 1. The van der Waals surface area contributed by atoms with E-state index in [4.69, 9.17) is 9.47 Å². The molecule has 102 valence electrons. The molecule has 3 fully saturated rings. The van der Waals surface area contributed by atoms with Crippen LogP contribution in [0.15, 0.2) is 0 Å². The zero-order valence-corrected chi connectivity index (χ0v) is 11.2. The van der Waals surface area contributed by atoms with Crippen LogP contribution in [-0.4, -0.2) is 55.0 Å². The fourth-order valence-corrected chi connectivity index (χ4v) is 3.11. The number of hydrogen-bond donors (Lipinski definition) is 1. The van der Waals surface area contributed by atoms with Gasteiger partial charge in [-0.25, -0.2) is 0 Å². The summed E-state index contributed by atoms with van der Waals surface area (Å²) in [6.45, 7) is 4.08. The molecule has 2 unspecified atom stereocenters. The van der Waals surface area contributed by atoms with Crippen LogP contribution in [0.2, 0.25) is 0 Å². The Hall–Kier alpha value is -0.650. The Labute approximate surface area is 108 Å². The zero-order chi connectivity index (χ0) is 12.8. The molecule has 0 aromatic heterocycles. The number of hydrogen-bond acceptors (Lipinski definition) is 4. The predicted molar refractivity (Wildman–Crippen MR) is 66.1 cm³/mol. The van der Waals surface area contributed by atoms with Crippen molar-refractivity contribution in [3.05, 3.63) is 0 Å². The molecule has 5 nitrogen and oxygen atoms in total. The number of methoxy groups -OCH3 is 1. The van der Waals surface area contributed by atoms with Crippen molar-refractivity contribution in [1.82, 2.24) is 10.2 Å². The van der Waals surface area contributed by atoms with E-state index in [2.05, 4.69) is 12.2 Å². The molecule has 5 heteroatoms. The van der Waals surface area contributed by atoms with E-state index in [9.17, 15) is 4.79 Å². The SMILES string of the molecule is CCC1NC2(CC2)C(=O)N1CC1(OC)CCOC1. The fraction of sp³-hybridized carbons (Fsp3) is 0.923. The number of amides is 1. The van der Waals surface area contributed by atoms with Crippen molar-refractivity contribution in [3.63, 3.8) is 0 Å². The number of ether oxygens (including phenoxy) is 2. The van der Waals surface area contributed by atoms with Gasteiger partial charge in [0.1, 0.15) is 5.60 Å². The van der Waals surface area contributed by atoms with E-state index in [1.54, 1.807) is 7.11 Å². The van der Waals surface area contributed by atoms with Crippen LogP contribution in [0.25, 0.3) is 0 Å². The van der Waals surface area contributed by atoms with E-state index in [0.29, 0.717) is 13.2 Å². The maximum atomic E-state index is 12.5. The first-order valence-electron chi connectivity index (χ1n) is 6.86. The van der Waals surface area contributed by atoms with Crippen LogP contribution in [0.3, 0.4) is 0 Å². The highest BCUT2D eigenvalue weighted by Crippen LogP contribution is 2.43. The molecule has 2 aliphatic heterocycles. The topological polar surface area (TPSA) is 50.8 Å². The summed E-state index contributed by atoms with van der Waals surface area (Å²) in [5, 5.41) is 3.49. The monoisotopic (exact) mass is 254 g/mol. The Morgan fingerprint density at radius 2 is 2.28 bits per heavy atom. The Kier molecular flexibility index (Phi) is 2.88. The molecule has 3 rings (SSSR count). The largest absolute Gasteiger partial charge is 0.378 e. The molecule has 0 radical (unpaired) electrons. The van der Waals surface area contributed by atoms with Crippen molar-refractivity contribution in [2.45, 2.75) is 49.9 Å². The first kappa shape index (κ1) is 12.4. The molecule has 0 bridgehead atoms. The van der Waals surface area contributed by atoms with Crippen molar-refractivity contribution in [2.24, 2.45) is 0 Å². The van der Waals surface area contributed by atoms with Crippen molar-refractivity contribution in [1.29, 1.82) is 0 Å². The van der Waals surface area contributed by atoms with Gasteiger partial charge in [0.15, 0.2) is 0 Å². The van der Waals surface area contributed by atoms with Crippen molar-refractivity contribution in [3.8, 4) is 0 Å². The maximum Gasteiger partial charge on any atom is 0.244 e. The lowest BCUT2D eigenvalue weighted by Gasteiger charge is -2.33. The van der Waals surface area contributed by atoms with Gasteiger partial charge in [-0.2, -0.15) is 0 Å². The highest BCUT2D eigenvalue weighted by molar-refractivity contribution is 5.91. The zero-order valence-electron chi connectivity index (χ0n) is 11.2. The Morgan fingerprint density at radius 1 is 1.50 bits per heavy atom. The van der Waals surface area contributed by atoms with E-state index < -0.39 is 0 Å². The number of carbonyl (C=O) groups is 1. The van der Waals surface area contributed by atoms with Gasteiger partial charge in [0.25, 0.3) is 0 Å². The van der Waals surface area contributed by atoms with E-state index in [0.717, 1.165) is 32.3 Å². The predicted octanol–water partition coefficient (Wildman–Crippen LogP) is 0.492. The van der Waals surface area contributed by atoms with Crippen molar-refractivity contribution >= 4 is 5.91 Å². The van der Waals surface area contributed by atoms with Crippen LogP contribution in [0.1, 0.15) is 32.6 Å². The van der Waals surface area contributed by atoms with E-state index >= 15 is 0 Å². The molecule has 1 saturated carbocycles. The second-order valence-electron chi connectivity index (χ2n) is 5.77. The first-order valence-corrected chi connectivity index (χ1v) is 6.86. The van der Waals surface area contributed by atoms with Gasteiger partial charge in [-0.1, -0.05) is 6.92 Å². The smallest absolute Gasteiger partial charge is 0.244 e. The highest BCUT2D eigenvalue weighted by atomic mass is 16.5. The Bertz CT molecular complexity index is 348. The average Bonchev–Trinajstić information content (AvgIpc) is 2.94. The molecule has 0 aromatic rings. The second-order valence-corrected chi connectivity index (χ2v) is 5.77. The van der Waals surface area contributed by atoms with Crippen LogP contribution in [-0.2, 0) is 14.3 Å². The number of nitrogens with one attached hydrogen (secondary N) is 1. The molecule has 1 amide bonds. The minimum atomic E-state index is -0.300. The Balaban J connectivity index is 1.76. The lowest BCUT2D eigenvalue weighted by Crippen LogP contribution is -2.49. The third-order valence-corrected chi connectivity index (χ3v) is 4.58. The molecule has 1 N–H and O–H groups in total. The van der Waals surface area contributed by atoms with Crippen LogP contribution in [0.5, 0.6) is 0 Å². The highest BCUT2D eigenvalue weighted by Gasteiger charge is 2.59. The fourth-order valence-electron chi connectivity index (χ4n) is 3.11. The summed E-state index contributed by atoms with van der Waals surface area (Å²) >= 11 is 0. The standard InChI is InChI=1S/C13H22N2O3/c1-3-10-14-13(4-5-13)11(16)15(10)8-12(17-2)6-7-18-9-12/h10,14H,3-9H2,1-2H3. The normalized spacial score (nSPS) is 37.8. The van der Waals surface area contributed by atoms with Crippen LogP contribution in [0, 0.1) is 0 Å². The molecule has 1 spiro atoms.